The van der Waals surface area contributed by atoms with E-state index in [2.05, 4.69) is 26.6 Å². The molecule has 3 aliphatic heterocycles. The number of fused-ring (bicyclic) bond motifs is 5. The number of aryl methyl sites for hydroxylation is 1. The fourth-order valence-corrected chi connectivity index (χ4v) is 7.48. The van der Waals surface area contributed by atoms with E-state index in [-0.39, 0.29) is 23.7 Å². The summed E-state index contributed by atoms with van der Waals surface area (Å²) in [7, 11) is 1.84. The van der Waals surface area contributed by atoms with E-state index in [9.17, 15) is 9.90 Å². The fraction of sp³-hybridized carbons (Fsp3) is 0.519. The first-order chi connectivity index (χ1) is 18.5. The quantitative estimate of drug-likeness (QED) is 0.439. The number of rotatable bonds is 4. The summed E-state index contributed by atoms with van der Waals surface area (Å²) in [6, 6.07) is 6.48. The second-order valence-corrected chi connectivity index (χ2v) is 12.4. The van der Waals surface area contributed by atoms with Gasteiger partial charge in [-0.2, -0.15) is 4.98 Å². The molecule has 5 heterocycles. The molecule has 11 heteroatoms. The van der Waals surface area contributed by atoms with Gasteiger partial charge in [-0.15, -0.1) is 11.8 Å². The molecule has 2 unspecified atom stereocenters. The highest BCUT2D eigenvalue weighted by Crippen LogP contribution is 2.43. The van der Waals surface area contributed by atoms with E-state index in [4.69, 9.17) is 21.3 Å². The van der Waals surface area contributed by atoms with E-state index < -0.39 is 0 Å². The highest BCUT2D eigenvalue weighted by Gasteiger charge is 2.40. The first kappa shape index (κ1) is 24.5. The number of aliphatic hydroxyl groups excluding tert-OH is 1. The first-order valence-electron chi connectivity index (χ1n) is 13.4. The molecule has 0 amide bonds. The van der Waals surface area contributed by atoms with Gasteiger partial charge in [0.15, 0.2) is 5.82 Å². The van der Waals surface area contributed by atoms with Gasteiger partial charge in [0.05, 0.1) is 53.7 Å². The Balaban J connectivity index is 1.25. The predicted molar refractivity (Wildman–Crippen MR) is 151 cm³/mol. The van der Waals surface area contributed by atoms with Crippen molar-refractivity contribution in [3.8, 4) is 0 Å². The molecule has 4 aliphatic rings. The second kappa shape index (κ2) is 9.59. The van der Waals surface area contributed by atoms with Crippen molar-refractivity contribution in [1.82, 2.24) is 14.5 Å². The first-order valence-corrected chi connectivity index (χ1v) is 14.7. The van der Waals surface area contributed by atoms with Crippen LogP contribution in [0.15, 0.2) is 34.1 Å². The minimum atomic E-state index is -0.329. The van der Waals surface area contributed by atoms with Gasteiger partial charge >= 0.3 is 0 Å². The summed E-state index contributed by atoms with van der Waals surface area (Å²) in [5.74, 6) is 2.75. The minimum Gasteiger partial charge on any atom is -0.393 e. The summed E-state index contributed by atoms with van der Waals surface area (Å²) in [6.07, 6.45) is 6.14. The fourth-order valence-electron chi connectivity index (χ4n) is 6.19. The molecule has 3 aromatic rings. The van der Waals surface area contributed by atoms with Gasteiger partial charge < -0.3 is 29.9 Å². The van der Waals surface area contributed by atoms with Crippen LogP contribution in [-0.2, 0) is 11.8 Å². The molecule has 0 spiro atoms. The van der Waals surface area contributed by atoms with E-state index >= 15 is 0 Å². The Hall–Kier alpha value is -2.53. The van der Waals surface area contributed by atoms with Crippen LogP contribution in [0, 0.1) is 5.92 Å². The number of nitrogens with one attached hydrogen (secondary N) is 2. The smallest absolute Gasteiger partial charge is 0.266 e. The Morgan fingerprint density at radius 1 is 1.21 bits per heavy atom. The lowest BCUT2D eigenvalue weighted by atomic mass is 9.92. The molecule has 0 radical (unpaired) electrons. The number of anilines is 4. The molecule has 4 atom stereocenters. The van der Waals surface area contributed by atoms with Crippen LogP contribution in [0.5, 0.6) is 0 Å². The number of ether oxygens (including phenoxy) is 1. The van der Waals surface area contributed by atoms with E-state index in [0.29, 0.717) is 54.8 Å². The summed E-state index contributed by atoms with van der Waals surface area (Å²) in [4.78, 5) is 25.5. The Labute approximate surface area is 229 Å². The molecular weight excluding hydrogens is 524 g/mol. The number of thioether (sulfide) groups is 1. The number of morpholine rings is 1. The largest absolute Gasteiger partial charge is 0.393 e. The van der Waals surface area contributed by atoms with Gasteiger partial charge in [-0.1, -0.05) is 11.6 Å². The lowest BCUT2D eigenvalue weighted by Crippen LogP contribution is -2.59. The average Bonchev–Trinajstić information content (AvgIpc) is 3.75. The summed E-state index contributed by atoms with van der Waals surface area (Å²) in [5, 5.41) is 18.9. The monoisotopic (exact) mass is 554 g/mol. The summed E-state index contributed by atoms with van der Waals surface area (Å²) >= 11 is 8.22. The van der Waals surface area contributed by atoms with Crippen molar-refractivity contribution in [2.45, 2.75) is 61.2 Å². The molecule has 1 saturated carbocycles. The number of pyridine rings is 1. The number of benzene rings is 1. The topological polar surface area (TPSA) is 105 Å². The van der Waals surface area contributed by atoms with Crippen LogP contribution in [0.2, 0.25) is 5.02 Å². The molecule has 2 bridgehead atoms. The number of aliphatic hydroxyl groups is 1. The van der Waals surface area contributed by atoms with Crippen LogP contribution in [0.4, 0.5) is 23.1 Å². The number of hydrogen-bond donors (Lipinski definition) is 3. The number of halogens is 1. The van der Waals surface area contributed by atoms with Crippen LogP contribution in [0.3, 0.4) is 0 Å². The van der Waals surface area contributed by atoms with Gasteiger partial charge in [0.2, 0.25) is 5.95 Å². The van der Waals surface area contributed by atoms with Gasteiger partial charge in [0.25, 0.3) is 5.56 Å². The molecule has 1 aliphatic carbocycles. The van der Waals surface area contributed by atoms with Crippen LogP contribution in [-0.4, -0.2) is 62.8 Å². The second-order valence-electron chi connectivity index (χ2n) is 10.9. The van der Waals surface area contributed by atoms with Crippen molar-refractivity contribution in [2.75, 3.05) is 34.5 Å². The third kappa shape index (κ3) is 4.31. The van der Waals surface area contributed by atoms with Crippen molar-refractivity contribution in [2.24, 2.45) is 13.0 Å². The van der Waals surface area contributed by atoms with E-state index in [1.165, 1.54) is 12.8 Å². The Morgan fingerprint density at radius 2 is 2.00 bits per heavy atom. The van der Waals surface area contributed by atoms with Crippen LogP contribution >= 0.6 is 23.4 Å². The van der Waals surface area contributed by atoms with E-state index in [1.807, 2.05) is 19.2 Å². The molecule has 2 saturated heterocycles. The van der Waals surface area contributed by atoms with Gasteiger partial charge in [-0.3, -0.25) is 4.79 Å². The number of hydrogen-bond acceptors (Lipinski definition) is 9. The maximum atomic E-state index is 13.2. The molecule has 3 fully saturated rings. The zero-order chi connectivity index (χ0) is 26.0. The molecule has 1 aromatic carbocycles. The van der Waals surface area contributed by atoms with Crippen molar-refractivity contribution in [1.29, 1.82) is 0 Å². The molecule has 38 heavy (non-hydrogen) atoms. The van der Waals surface area contributed by atoms with Gasteiger partial charge in [-0.25, -0.2) is 4.98 Å². The van der Waals surface area contributed by atoms with E-state index in [1.54, 1.807) is 22.5 Å². The zero-order valence-corrected chi connectivity index (χ0v) is 22.8. The maximum Gasteiger partial charge on any atom is 0.266 e. The third-order valence-electron chi connectivity index (χ3n) is 8.27. The summed E-state index contributed by atoms with van der Waals surface area (Å²) in [6.45, 7) is 1.09. The van der Waals surface area contributed by atoms with Crippen molar-refractivity contribution >= 4 is 57.4 Å². The van der Waals surface area contributed by atoms with Crippen molar-refractivity contribution < 1.29 is 9.84 Å². The highest BCUT2D eigenvalue weighted by molar-refractivity contribution is 7.99. The van der Waals surface area contributed by atoms with Gasteiger partial charge in [0, 0.05) is 29.9 Å². The van der Waals surface area contributed by atoms with E-state index in [0.717, 1.165) is 39.3 Å². The summed E-state index contributed by atoms with van der Waals surface area (Å²) < 4.78 is 7.49. The van der Waals surface area contributed by atoms with Gasteiger partial charge in [-0.05, 0) is 56.2 Å². The maximum absolute atomic E-state index is 13.2. The molecule has 2 aromatic heterocycles. The van der Waals surface area contributed by atoms with Crippen LogP contribution in [0.25, 0.3) is 10.9 Å². The zero-order valence-electron chi connectivity index (χ0n) is 21.2. The lowest BCUT2D eigenvalue weighted by molar-refractivity contribution is 0.000353. The molecule has 9 nitrogen and oxygen atoms in total. The normalized spacial score (nSPS) is 27.0. The molecular formula is C27H31ClN6O3S. The summed E-state index contributed by atoms with van der Waals surface area (Å²) in [5.41, 5.74) is 2.71. The Kier molecular flexibility index (Phi) is 6.18. The average molecular weight is 555 g/mol. The van der Waals surface area contributed by atoms with Crippen LogP contribution < -0.4 is 21.1 Å². The predicted octanol–water partition coefficient (Wildman–Crippen LogP) is 4.14. The molecule has 200 valence electrons. The van der Waals surface area contributed by atoms with Gasteiger partial charge in [0.1, 0.15) is 5.02 Å². The molecule has 3 N–H and O–H groups in total. The number of nitrogens with zero attached hydrogens (tertiary/aromatic N) is 4. The van der Waals surface area contributed by atoms with Crippen molar-refractivity contribution in [3.05, 3.63) is 39.8 Å². The Bertz CT molecular complexity index is 1450. The number of aromatic nitrogens is 3. The lowest BCUT2D eigenvalue weighted by Gasteiger charge is -2.47. The minimum absolute atomic E-state index is 0.0342. The third-order valence-corrected chi connectivity index (χ3v) is 9.65. The van der Waals surface area contributed by atoms with Crippen LogP contribution in [0.1, 0.15) is 32.1 Å². The SMILES string of the molecule is Cn1c(=O)c2c(c3cc(Nc4nc(N5[C@@H]6COC[C@H]5CC(O)C6)ncc4Cl)ccc31)NC(C1CC1)CCS2. The molecule has 7 rings (SSSR count). The highest BCUT2D eigenvalue weighted by atomic mass is 35.5. The standard InChI is InChI=1S/C27H31ClN6O3S/c1-33-22-5-4-15(8-19(22)23-24(26(33)36)38-7-6-21(31-23)14-2-3-14)30-25-20(28)11-29-27(32-25)34-16-9-18(35)10-17(34)13-37-12-16/h4-5,8,11,14,16-18,21,31,35H,2-3,6-7,9-10,12-13H2,1H3,(H,29,30,32)/t16-,17+,18?,21?. The van der Waals surface area contributed by atoms with Crippen molar-refractivity contribution in [3.63, 3.8) is 0 Å². The Morgan fingerprint density at radius 3 is 2.76 bits per heavy atom. The number of piperidine rings is 1.